The Morgan fingerprint density at radius 2 is 2.33 bits per heavy atom. The summed E-state index contributed by atoms with van der Waals surface area (Å²) in [7, 11) is 0. The number of aliphatic hydroxyl groups excluding tert-OH is 1. The second kappa shape index (κ2) is 4.74. The van der Waals surface area contributed by atoms with E-state index in [2.05, 4.69) is 4.57 Å². The number of aromatic nitrogens is 1. The fourth-order valence-corrected chi connectivity index (χ4v) is 2.47. The normalized spacial score (nSPS) is 24.3. The lowest BCUT2D eigenvalue weighted by atomic mass is 10.2. The summed E-state index contributed by atoms with van der Waals surface area (Å²) in [5, 5.41) is 9.32. The Labute approximate surface area is 106 Å². The average Bonchev–Trinajstić information content (AvgIpc) is 3.15. The fraction of sp³-hybridized carbons (Fsp3) is 0.615. The van der Waals surface area contributed by atoms with Gasteiger partial charge >= 0.3 is 0 Å². The summed E-state index contributed by atoms with van der Waals surface area (Å²) >= 11 is 0. The third kappa shape index (κ3) is 2.04. The van der Waals surface area contributed by atoms with Gasteiger partial charge in [0.15, 0.2) is 0 Å². The summed E-state index contributed by atoms with van der Waals surface area (Å²) in [6, 6.07) is 4.06. The minimum absolute atomic E-state index is 0.00856. The number of ether oxygens (including phenoxy) is 1. The van der Waals surface area contributed by atoms with Gasteiger partial charge < -0.3 is 19.3 Å². The van der Waals surface area contributed by atoms with Gasteiger partial charge in [0.1, 0.15) is 5.69 Å². The van der Waals surface area contributed by atoms with Crippen molar-refractivity contribution >= 4 is 5.91 Å². The number of nitrogens with zero attached hydrogens (tertiary/aromatic N) is 2. The van der Waals surface area contributed by atoms with Crippen LogP contribution in [0.25, 0.3) is 0 Å². The highest BCUT2D eigenvalue weighted by Gasteiger charge is 2.32. The van der Waals surface area contributed by atoms with E-state index in [9.17, 15) is 9.90 Å². The predicted octanol–water partition coefficient (Wildman–Crippen LogP) is 0.656. The van der Waals surface area contributed by atoms with Crippen LogP contribution < -0.4 is 0 Å². The van der Waals surface area contributed by atoms with Crippen LogP contribution in [0.2, 0.25) is 0 Å². The van der Waals surface area contributed by atoms with Crippen LogP contribution in [-0.2, 0) is 4.74 Å². The molecule has 0 bridgehead atoms. The van der Waals surface area contributed by atoms with E-state index in [0.717, 1.165) is 18.5 Å². The van der Waals surface area contributed by atoms with Crippen LogP contribution in [0.4, 0.5) is 0 Å². The zero-order valence-corrected chi connectivity index (χ0v) is 10.3. The second-order valence-corrected chi connectivity index (χ2v) is 4.94. The minimum atomic E-state index is -0.214. The molecule has 1 aliphatic carbocycles. The molecule has 1 unspecified atom stereocenters. The Kier molecular flexibility index (Phi) is 3.09. The highest BCUT2D eigenvalue weighted by molar-refractivity contribution is 5.93. The van der Waals surface area contributed by atoms with Crippen molar-refractivity contribution in [3.05, 3.63) is 24.0 Å². The molecule has 1 aromatic rings. The molecule has 2 heterocycles. The summed E-state index contributed by atoms with van der Waals surface area (Å²) in [5.74, 6) is 0.00856. The molecule has 98 valence electrons. The molecule has 1 atom stereocenters. The molecular weight excluding hydrogens is 232 g/mol. The molecule has 5 nitrogen and oxygen atoms in total. The van der Waals surface area contributed by atoms with Gasteiger partial charge in [-0.25, -0.2) is 0 Å². The molecular formula is C13H18N2O3. The molecule has 1 amide bonds. The molecule has 1 saturated carbocycles. The van der Waals surface area contributed by atoms with Gasteiger partial charge in [-0.15, -0.1) is 0 Å². The van der Waals surface area contributed by atoms with Gasteiger partial charge in [-0.1, -0.05) is 0 Å². The summed E-state index contributed by atoms with van der Waals surface area (Å²) in [4.78, 5) is 14.3. The Balaban J connectivity index is 1.81. The lowest BCUT2D eigenvalue weighted by Gasteiger charge is -2.34. The fourth-order valence-electron chi connectivity index (χ4n) is 2.47. The van der Waals surface area contributed by atoms with Gasteiger partial charge in [0.2, 0.25) is 0 Å². The summed E-state index contributed by atoms with van der Waals surface area (Å²) in [6.45, 7) is 1.48. The first-order valence-electron chi connectivity index (χ1n) is 6.47. The van der Waals surface area contributed by atoms with E-state index in [0.29, 0.717) is 25.8 Å². The highest BCUT2D eigenvalue weighted by Crippen LogP contribution is 2.36. The van der Waals surface area contributed by atoms with Crippen LogP contribution in [-0.4, -0.2) is 52.9 Å². The molecule has 0 spiro atoms. The van der Waals surface area contributed by atoms with Crippen LogP contribution in [0.15, 0.2) is 18.3 Å². The summed E-state index contributed by atoms with van der Waals surface area (Å²) in [5.41, 5.74) is 0.734. The second-order valence-electron chi connectivity index (χ2n) is 4.94. The van der Waals surface area contributed by atoms with Gasteiger partial charge in [0.05, 0.1) is 25.9 Å². The number of aliphatic hydroxyl groups is 1. The SMILES string of the molecule is O=C(c1cccn1C1CC1)N1CCOCC1CO. The van der Waals surface area contributed by atoms with Gasteiger partial charge in [-0.05, 0) is 25.0 Å². The molecule has 0 aromatic carbocycles. The maximum absolute atomic E-state index is 12.5. The Morgan fingerprint density at radius 3 is 3.06 bits per heavy atom. The minimum Gasteiger partial charge on any atom is -0.394 e. The van der Waals surface area contributed by atoms with Crippen molar-refractivity contribution in [3.63, 3.8) is 0 Å². The van der Waals surface area contributed by atoms with Crippen LogP contribution in [0.3, 0.4) is 0 Å². The first-order valence-corrected chi connectivity index (χ1v) is 6.47. The lowest BCUT2D eigenvalue weighted by Crippen LogP contribution is -2.50. The van der Waals surface area contributed by atoms with E-state index in [1.807, 2.05) is 18.3 Å². The van der Waals surface area contributed by atoms with Crippen molar-refractivity contribution in [1.29, 1.82) is 0 Å². The van der Waals surface area contributed by atoms with Crippen molar-refractivity contribution < 1.29 is 14.6 Å². The quantitative estimate of drug-likeness (QED) is 0.857. The number of rotatable bonds is 3. The molecule has 1 saturated heterocycles. The molecule has 18 heavy (non-hydrogen) atoms. The van der Waals surface area contributed by atoms with E-state index in [4.69, 9.17) is 4.74 Å². The molecule has 2 fully saturated rings. The molecule has 5 heteroatoms. The summed E-state index contributed by atoms with van der Waals surface area (Å²) < 4.78 is 7.36. The van der Waals surface area contributed by atoms with Crippen molar-refractivity contribution in [3.8, 4) is 0 Å². The van der Waals surface area contributed by atoms with Crippen molar-refractivity contribution in [2.75, 3.05) is 26.4 Å². The average molecular weight is 250 g/mol. The largest absolute Gasteiger partial charge is 0.394 e. The molecule has 0 radical (unpaired) electrons. The van der Waals surface area contributed by atoms with Crippen molar-refractivity contribution in [2.24, 2.45) is 0 Å². The maximum atomic E-state index is 12.5. The number of amides is 1. The third-order valence-corrected chi connectivity index (χ3v) is 3.64. The number of hydrogen-bond donors (Lipinski definition) is 1. The number of morpholine rings is 1. The Bertz CT molecular complexity index is 439. The zero-order valence-electron chi connectivity index (χ0n) is 10.3. The first kappa shape index (κ1) is 11.7. The monoisotopic (exact) mass is 250 g/mol. The Hall–Kier alpha value is -1.33. The standard InChI is InChI=1S/C13H18N2O3/c16-8-11-9-18-7-6-15(11)13(17)12-2-1-5-14(12)10-3-4-10/h1-2,5,10-11,16H,3-4,6-9H2. The highest BCUT2D eigenvalue weighted by atomic mass is 16.5. The van der Waals surface area contributed by atoms with Crippen LogP contribution in [0, 0.1) is 0 Å². The van der Waals surface area contributed by atoms with Gasteiger partial charge in [-0.2, -0.15) is 0 Å². The molecule has 2 aliphatic rings. The smallest absolute Gasteiger partial charge is 0.270 e. The molecule has 1 N–H and O–H groups in total. The molecule has 3 rings (SSSR count). The zero-order chi connectivity index (χ0) is 12.5. The number of hydrogen-bond acceptors (Lipinski definition) is 3. The van der Waals surface area contributed by atoms with Crippen LogP contribution in [0.1, 0.15) is 29.4 Å². The van der Waals surface area contributed by atoms with E-state index in [-0.39, 0.29) is 18.6 Å². The first-order chi connectivity index (χ1) is 8.81. The molecule has 1 aromatic heterocycles. The van der Waals surface area contributed by atoms with Gasteiger partial charge in [-0.3, -0.25) is 4.79 Å². The van der Waals surface area contributed by atoms with Crippen molar-refractivity contribution in [1.82, 2.24) is 9.47 Å². The number of carbonyl (C=O) groups excluding carboxylic acids is 1. The van der Waals surface area contributed by atoms with Crippen LogP contribution in [0.5, 0.6) is 0 Å². The van der Waals surface area contributed by atoms with Gasteiger partial charge in [0, 0.05) is 18.8 Å². The Morgan fingerprint density at radius 1 is 1.50 bits per heavy atom. The van der Waals surface area contributed by atoms with Crippen LogP contribution >= 0.6 is 0 Å². The van der Waals surface area contributed by atoms with E-state index < -0.39 is 0 Å². The summed E-state index contributed by atoms with van der Waals surface area (Å²) in [6.07, 6.45) is 4.28. The predicted molar refractivity (Wildman–Crippen MR) is 65.4 cm³/mol. The van der Waals surface area contributed by atoms with E-state index in [1.54, 1.807) is 4.90 Å². The van der Waals surface area contributed by atoms with E-state index in [1.165, 1.54) is 0 Å². The van der Waals surface area contributed by atoms with E-state index >= 15 is 0 Å². The van der Waals surface area contributed by atoms with Crippen molar-refractivity contribution in [2.45, 2.75) is 24.9 Å². The van der Waals surface area contributed by atoms with Gasteiger partial charge in [0.25, 0.3) is 5.91 Å². The topological polar surface area (TPSA) is 54.7 Å². The maximum Gasteiger partial charge on any atom is 0.270 e. The number of carbonyl (C=O) groups is 1. The molecule has 1 aliphatic heterocycles. The lowest BCUT2D eigenvalue weighted by molar-refractivity contribution is -0.0188. The third-order valence-electron chi connectivity index (χ3n) is 3.64.